The lowest BCUT2D eigenvalue weighted by molar-refractivity contribution is 0.0600. The predicted octanol–water partition coefficient (Wildman–Crippen LogP) is 3.94. The number of aromatic nitrogens is 1. The van der Waals surface area contributed by atoms with Crippen LogP contribution in [0.3, 0.4) is 0 Å². The number of aryl methyl sites for hydroxylation is 1. The minimum absolute atomic E-state index is 0.321. The molecule has 0 saturated heterocycles. The smallest absolute Gasteiger partial charge is 0.337 e. The largest absolute Gasteiger partial charge is 0.465 e. The third-order valence-corrected chi connectivity index (χ3v) is 3.83. The van der Waals surface area contributed by atoms with Gasteiger partial charge in [0, 0.05) is 23.8 Å². The molecule has 0 atom stereocenters. The third-order valence-electron chi connectivity index (χ3n) is 3.83. The summed E-state index contributed by atoms with van der Waals surface area (Å²) < 4.78 is 4.74. The zero-order valence-electron chi connectivity index (χ0n) is 13.2. The normalized spacial score (nSPS) is 10.5. The Balaban J connectivity index is 1.81. The zero-order valence-corrected chi connectivity index (χ0v) is 13.2. The van der Waals surface area contributed by atoms with Crippen LogP contribution in [0.25, 0.3) is 10.9 Å². The number of benzene rings is 2. The van der Waals surface area contributed by atoms with Crippen molar-refractivity contribution in [3.8, 4) is 0 Å². The number of fused-ring (bicyclic) bond motifs is 1. The van der Waals surface area contributed by atoms with Crippen LogP contribution in [0, 0.1) is 6.92 Å². The molecule has 0 saturated carbocycles. The maximum Gasteiger partial charge on any atom is 0.337 e. The van der Waals surface area contributed by atoms with Gasteiger partial charge in [-0.05, 0) is 42.3 Å². The summed E-state index contributed by atoms with van der Waals surface area (Å²) in [6.07, 6.45) is 1.81. The van der Waals surface area contributed by atoms with E-state index in [0.29, 0.717) is 12.1 Å². The van der Waals surface area contributed by atoms with Gasteiger partial charge in [0.2, 0.25) is 0 Å². The number of para-hydroxylation sites is 1. The van der Waals surface area contributed by atoms with E-state index in [0.717, 1.165) is 27.7 Å². The molecule has 0 amide bonds. The topological polar surface area (TPSA) is 51.2 Å². The van der Waals surface area contributed by atoms with Crippen molar-refractivity contribution in [1.82, 2.24) is 4.98 Å². The molecule has 0 aliphatic carbocycles. The summed E-state index contributed by atoms with van der Waals surface area (Å²) >= 11 is 0. The van der Waals surface area contributed by atoms with Crippen LogP contribution in [0.1, 0.15) is 21.5 Å². The number of methoxy groups -OCH3 is 1. The van der Waals surface area contributed by atoms with Gasteiger partial charge >= 0.3 is 5.97 Å². The second-order valence-electron chi connectivity index (χ2n) is 5.37. The lowest BCUT2D eigenvalue weighted by atomic mass is 10.1. The monoisotopic (exact) mass is 306 g/mol. The number of hydrogen-bond acceptors (Lipinski definition) is 4. The maximum absolute atomic E-state index is 11.6. The van der Waals surface area contributed by atoms with Crippen LogP contribution >= 0.6 is 0 Å². The molecule has 23 heavy (non-hydrogen) atoms. The molecule has 1 aromatic heterocycles. The molecule has 0 aliphatic rings. The van der Waals surface area contributed by atoms with Gasteiger partial charge in [-0.2, -0.15) is 0 Å². The molecule has 1 N–H and O–H groups in total. The zero-order chi connectivity index (χ0) is 16.2. The fraction of sp³-hybridized carbons (Fsp3) is 0.158. The second-order valence-corrected chi connectivity index (χ2v) is 5.37. The SMILES string of the molecule is COC(=O)c1ccc(NCc2cccc3cccnc23)c(C)c1. The first kappa shape index (κ1) is 15.0. The molecule has 0 spiro atoms. The molecule has 4 nitrogen and oxygen atoms in total. The number of hydrogen-bond donors (Lipinski definition) is 1. The standard InChI is InChI=1S/C19H18N2O2/c1-13-11-15(19(22)23-2)8-9-17(13)21-12-16-6-3-5-14-7-4-10-20-18(14)16/h3-11,21H,12H2,1-2H3. The van der Waals surface area contributed by atoms with Crippen LogP contribution in [-0.2, 0) is 11.3 Å². The number of nitrogens with one attached hydrogen (secondary N) is 1. The number of esters is 1. The summed E-state index contributed by atoms with van der Waals surface area (Å²) in [5.41, 5.74) is 4.69. The lowest BCUT2D eigenvalue weighted by Gasteiger charge is -2.12. The Morgan fingerprint density at radius 3 is 2.78 bits per heavy atom. The van der Waals surface area contributed by atoms with Crippen LogP contribution in [0.5, 0.6) is 0 Å². The van der Waals surface area contributed by atoms with Crippen molar-refractivity contribution in [1.29, 1.82) is 0 Å². The summed E-state index contributed by atoms with van der Waals surface area (Å²) in [5, 5.41) is 4.54. The number of anilines is 1. The highest BCUT2D eigenvalue weighted by Gasteiger charge is 2.08. The van der Waals surface area contributed by atoms with E-state index in [2.05, 4.69) is 28.5 Å². The molecule has 0 aliphatic heterocycles. The van der Waals surface area contributed by atoms with Crippen LogP contribution in [0.4, 0.5) is 5.69 Å². The Morgan fingerprint density at radius 1 is 1.17 bits per heavy atom. The lowest BCUT2D eigenvalue weighted by Crippen LogP contribution is -2.05. The van der Waals surface area contributed by atoms with Gasteiger partial charge < -0.3 is 10.1 Å². The van der Waals surface area contributed by atoms with Crippen molar-refractivity contribution in [2.45, 2.75) is 13.5 Å². The van der Waals surface area contributed by atoms with Gasteiger partial charge in [0.05, 0.1) is 18.2 Å². The first-order valence-corrected chi connectivity index (χ1v) is 7.44. The molecule has 116 valence electrons. The molecule has 2 aromatic carbocycles. The van der Waals surface area contributed by atoms with Gasteiger partial charge in [0.25, 0.3) is 0 Å². The maximum atomic E-state index is 11.6. The van der Waals surface area contributed by atoms with Crippen LogP contribution < -0.4 is 5.32 Å². The fourth-order valence-corrected chi connectivity index (χ4v) is 2.61. The molecule has 0 fully saturated rings. The average molecular weight is 306 g/mol. The van der Waals surface area contributed by atoms with Crippen LogP contribution in [0.15, 0.2) is 54.7 Å². The Morgan fingerprint density at radius 2 is 2.00 bits per heavy atom. The Hall–Kier alpha value is -2.88. The quantitative estimate of drug-likeness (QED) is 0.742. The van der Waals surface area contributed by atoms with Gasteiger partial charge in [-0.15, -0.1) is 0 Å². The minimum Gasteiger partial charge on any atom is -0.465 e. The number of ether oxygens (including phenoxy) is 1. The van der Waals surface area contributed by atoms with Gasteiger partial charge in [-0.25, -0.2) is 4.79 Å². The third kappa shape index (κ3) is 3.16. The average Bonchev–Trinajstić information content (AvgIpc) is 2.60. The van der Waals surface area contributed by atoms with Gasteiger partial charge in [-0.1, -0.05) is 24.3 Å². The van der Waals surface area contributed by atoms with E-state index >= 15 is 0 Å². The van der Waals surface area contributed by atoms with Crippen molar-refractivity contribution >= 4 is 22.6 Å². The molecule has 0 unspecified atom stereocenters. The molecule has 1 heterocycles. The highest BCUT2D eigenvalue weighted by molar-refractivity contribution is 5.90. The summed E-state index contributed by atoms with van der Waals surface area (Å²) in [7, 11) is 1.39. The molecular weight excluding hydrogens is 288 g/mol. The van der Waals surface area contributed by atoms with Crippen molar-refractivity contribution in [3.63, 3.8) is 0 Å². The van der Waals surface area contributed by atoms with Crippen LogP contribution in [-0.4, -0.2) is 18.1 Å². The molecule has 0 radical (unpaired) electrons. The summed E-state index contributed by atoms with van der Waals surface area (Å²) in [5.74, 6) is -0.321. The first-order chi connectivity index (χ1) is 11.2. The molecule has 4 heteroatoms. The van der Waals surface area contributed by atoms with E-state index in [1.165, 1.54) is 7.11 Å². The van der Waals surface area contributed by atoms with Crippen molar-refractivity contribution in [2.24, 2.45) is 0 Å². The highest BCUT2D eigenvalue weighted by atomic mass is 16.5. The molecular formula is C19H18N2O2. The first-order valence-electron chi connectivity index (χ1n) is 7.44. The Bertz CT molecular complexity index is 854. The van der Waals surface area contributed by atoms with Gasteiger partial charge in [0.1, 0.15) is 0 Å². The number of rotatable bonds is 4. The van der Waals surface area contributed by atoms with Crippen molar-refractivity contribution < 1.29 is 9.53 Å². The van der Waals surface area contributed by atoms with E-state index in [1.807, 2.05) is 37.4 Å². The molecule has 0 bridgehead atoms. The fourth-order valence-electron chi connectivity index (χ4n) is 2.61. The summed E-state index contributed by atoms with van der Waals surface area (Å²) in [6.45, 7) is 2.64. The van der Waals surface area contributed by atoms with Gasteiger partial charge in [-0.3, -0.25) is 4.98 Å². The molecule has 3 aromatic rings. The van der Waals surface area contributed by atoms with Crippen molar-refractivity contribution in [2.75, 3.05) is 12.4 Å². The van der Waals surface area contributed by atoms with E-state index in [-0.39, 0.29) is 5.97 Å². The van der Waals surface area contributed by atoms with Gasteiger partial charge in [0.15, 0.2) is 0 Å². The van der Waals surface area contributed by atoms with Crippen LogP contribution in [0.2, 0.25) is 0 Å². The summed E-state index contributed by atoms with van der Waals surface area (Å²) in [6, 6.07) is 15.7. The Kier molecular flexibility index (Phi) is 4.24. The number of pyridine rings is 1. The number of carbonyl (C=O) groups excluding carboxylic acids is 1. The number of carbonyl (C=O) groups is 1. The van der Waals surface area contributed by atoms with E-state index in [1.54, 1.807) is 6.07 Å². The minimum atomic E-state index is -0.321. The second kappa shape index (κ2) is 6.48. The predicted molar refractivity (Wildman–Crippen MR) is 91.6 cm³/mol. The summed E-state index contributed by atoms with van der Waals surface area (Å²) in [4.78, 5) is 16.0. The van der Waals surface area contributed by atoms with E-state index in [9.17, 15) is 4.79 Å². The van der Waals surface area contributed by atoms with E-state index in [4.69, 9.17) is 4.74 Å². The highest BCUT2D eigenvalue weighted by Crippen LogP contribution is 2.20. The Labute approximate surface area is 135 Å². The number of nitrogens with zero attached hydrogens (tertiary/aromatic N) is 1. The molecule has 3 rings (SSSR count). The van der Waals surface area contributed by atoms with Crippen molar-refractivity contribution in [3.05, 3.63) is 71.4 Å². The van der Waals surface area contributed by atoms with E-state index < -0.39 is 0 Å².